The molecule has 7 heteroatoms. The molecule has 1 aliphatic carbocycles. The lowest BCUT2D eigenvalue weighted by atomic mass is 10.0. The molecule has 0 unspecified atom stereocenters. The van der Waals surface area contributed by atoms with Crippen molar-refractivity contribution in [1.29, 1.82) is 0 Å². The number of aromatic amines is 2. The maximum absolute atomic E-state index is 11.9. The van der Waals surface area contributed by atoms with Gasteiger partial charge in [-0.2, -0.15) is 5.10 Å². The Hall–Kier alpha value is -2.15. The van der Waals surface area contributed by atoms with Crippen molar-refractivity contribution in [3.05, 3.63) is 33.6 Å². The van der Waals surface area contributed by atoms with Crippen LogP contribution in [0.4, 0.5) is 11.8 Å². The molecule has 0 aromatic carbocycles. The van der Waals surface area contributed by atoms with E-state index in [2.05, 4.69) is 25.5 Å². The van der Waals surface area contributed by atoms with Crippen LogP contribution in [0, 0.1) is 0 Å². The van der Waals surface area contributed by atoms with Gasteiger partial charge in [0.2, 0.25) is 5.95 Å². The Bertz CT molecular complexity index is 827. The molecule has 4 rings (SSSR count). The third-order valence-corrected chi connectivity index (χ3v) is 4.86. The van der Waals surface area contributed by atoms with Crippen LogP contribution in [-0.4, -0.2) is 20.2 Å². The summed E-state index contributed by atoms with van der Waals surface area (Å²) in [6.07, 6.45) is 5.02. The van der Waals surface area contributed by atoms with Crippen LogP contribution < -0.4 is 10.9 Å². The third kappa shape index (κ3) is 2.33. The fourth-order valence-electron chi connectivity index (χ4n) is 2.90. The van der Waals surface area contributed by atoms with Crippen LogP contribution in [0.2, 0.25) is 0 Å². The average Bonchev–Trinajstić information content (AvgIpc) is 3.19. The Morgan fingerprint density at radius 3 is 3.05 bits per heavy atom. The first-order valence-corrected chi connectivity index (χ1v) is 7.97. The van der Waals surface area contributed by atoms with E-state index in [1.807, 2.05) is 17.5 Å². The lowest BCUT2D eigenvalue weighted by Gasteiger charge is -2.03. The van der Waals surface area contributed by atoms with Crippen LogP contribution in [0.5, 0.6) is 0 Å². The van der Waals surface area contributed by atoms with Crippen LogP contribution >= 0.6 is 11.3 Å². The second-order valence-electron chi connectivity index (χ2n) is 5.36. The highest BCUT2D eigenvalue weighted by Gasteiger charge is 2.19. The summed E-state index contributed by atoms with van der Waals surface area (Å²) in [5.74, 6) is 1.70. The smallest absolute Gasteiger partial charge is 0.270 e. The summed E-state index contributed by atoms with van der Waals surface area (Å²) in [5.41, 5.74) is 1.75. The zero-order valence-corrected chi connectivity index (χ0v) is 12.2. The maximum atomic E-state index is 11.9. The predicted molar refractivity (Wildman–Crippen MR) is 83.3 cm³/mol. The normalized spacial score (nSPS) is 15.8. The summed E-state index contributed by atoms with van der Waals surface area (Å²) in [7, 11) is 0. The van der Waals surface area contributed by atoms with Crippen LogP contribution in [0.25, 0.3) is 10.2 Å². The lowest BCUT2D eigenvalue weighted by Crippen LogP contribution is -2.09. The standard InChI is InChI=1S/C14H15N5OS/c20-13-12-9(5-6-21-12)15-14(17-13)16-11-7-10(18-19-11)8-3-1-2-4-8/h5-8H,1-4H2,(H3,15,16,17,18,19,20). The quantitative estimate of drug-likeness (QED) is 0.693. The first-order valence-electron chi connectivity index (χ1n) is 7.09. The topological polar surface area (TPSA) is 86.5 Å². The summed E-state index contributed by atoms with van der Waals surface area (Å²) in [6, 6.07) is 3.85. The van der Waals surface area contributed by atoms with Gasteiger partial charge in [-0.05, 0) is 24.3 Å². The maximum Gasteiger partial charge on any atom is 0.270 e. The van der Waals surface area contributed by atoms with Gasteiger partial charge in [0.25, 0.3) is 5.56 Å². The Morgan fingerprint density at radius 1 is 1.33 bits per heavy atom. The van der Waals surface area contributed by atoms with Crippen molar-refractivity contribution < 1.29 is 0 Å². The van der Waals surface area contributed by atoms with E-state index >= 15 is 0 Å². The summed E-state index contributed by atoms with van der Waals surface area (Å²) < 4.78 is 0.647. The monoisotopic (exact) mass is 301 g/mol. The number of fused-ring (bicyclic) bond motifs is 1. The van der Waals surface area contributed by atoms with E-state index in [1.165, 1.54) is 37.0 Å². The van der Waals surface area contributed by atoms with E-state index in [9.17, 15) is 4.79 Å². The SMILES string of the molecule is O=c1[nH]c(Nc2cc(C3CCCC3)[nH]n2)nc2ccsc12. The molecule has 0 spiro atoms. The van der Waals surface area contributed by atoms with E-state index in [1.54, 1.807) is 0 Å². The molecule has 3 aromatic rings. The third-order valence-electron chi connectivity index (χ3n) is 3.95. The van der Waals surface area contributed by atoms with Gasteiger partial charge in [0.1, 0.15) is 4.70 Å². The van der Waals surface area contributed by atoms with Crippen molar-refractivity contribution in [3.63, 3.8) is 0 Å². The Balaban J connectivity index is 1.60. The fraction of sp³-hybridized carbons (Fsp3) is 0.357. The largest absolute Gasteiger partial charge is 0.309 e. The highest BCUT2D eigenvalue weighted by molar-refractivity contribution is 7.17. The summed E-state index contributed by atoms with van der Waals surface area (Å²) >= 11 is 1.39. The number of aromatic nitrogens is 4. The van der Waals surface area contributed by atoms with Gasteiger partial charge in [-0.25, -0.2) is 4.98 Å². The van der Waals surface area contributed by atoms with Gasteiger partial charge in [-0.3, -0.25) is 14.9 Å². The molecule has 6 nitrogen and oxygen atoms in total. The molecule has 108 valence electrons. The van der Waals surface area contributed by atoms with E-state index < -0.39 is 0 Å². The first-order chi connectivity index (χ1) is 10.3. The van der Waals surface area contributed by atoms with Crippen molar-refractivity contribution in [3.8, 4) is 0 Å². The molecule has 3 N–H and O–H groups in total. The van der Waals surface area contributed by atoms with E-state index in [-0.39, 0.29) is 5.56 Å². The van der Waals surface area contributed by atoms with Crippen LogP contribution in [0.1, 0.15) is 37.3 Å². The molecular weight excluding hydrogens is 286 g/mol. The van der Waals surface area contributed by atoms with Gasteiger partial charge in [-0.1, -0.05) is 12.8 Å². The average molecular weight is 301 g/mol. The molecule has 1 aliphatic rings. The summed E-state index contributed by atoms with van der Waals surface area (Å²) in [4.78, 5) is 19.0. The van der Waals surface area contributed by atoms with Crippen molar-refractivity contribution >= 4 is 33.3 Å². The van der Waals surface area contributed by atoms with Gasteiger partial charge in [-0.15, -0.1) is 11.3 Å². The van der Waals surface area contributed by atoms with Crippen LogP contribution in [0.3, 0.4) is 0 Å². The van der Waals surface area contributed by atoms with Crippen molar-refractivity contribution in [2.24, 2.45) is 0 Å². The molecule has 0 aliphatic heterocycles. The van der Waals surface area contributed by atoms with E-state index in [0.717, 1.165) is 5.69 Å². The molecule has 0 bridgehead atoms. The fourth-order valence-corrected chi connectivity index (χ4v) is 3.63. The molecule has 1 fully saturated rings. The molecule has 3 aromatic heterocycles. The summed E-state index contributed by atoms with van der Waals surface area (Å²) in [5, 5.41) is 12.3. The van der Waals surface area contributed by atoms with Gasteiger partial charge in [0.05, 0.1) is 5.52 Å². The number of nitrogens with one attached hydrogen (secondary N) is 3. The van der Waals surface area contributed by atoms with Gasteiger partial charge in [0.15, 0.2) is 5.82 Å². The second-order valence-corrected chi connectivity index (χ2v) is 6.28. The number of nitrogens with zero attached hydrogens (tertiary/aromatic N) is 2. The molecule has 0 atom stereocenters. The van der Waals surface area contributed by atoms with Gasteiger partial charge < -0.3 is 5.32 Å². The number of H-pyrrole nitrogens is 2. The Kier molecular flexibility index (Phi) is 2.99. The Labute approximate surface area is 124 Å². The lowest BCUT2D eigenvalue weighted by molar-refractivity contribution is 0.693. The highest BCUT2D eigenvalue weighted by atomic mass is 32.1. The molecule has 0 saturated heterocycles. The Morgan fingerprint density at radius 2 is 2.19 bits per heavy atom. The van der Waals surface area contributed by atoms with Crippen molar-refractivity contribution in [2.45, 2.75) is 31.6 Å². The first kappa shape index (κ1) is 12.6. The predicted octanol–water partition coefficient (Wildman–Crippen LogP) is 3.11. The van der Waals surface area contributed by atoms with Crippen LogP contribution in [0.15, 0.2) is 22.3 Å². The van der Waals surface area contributed by atoms with E-state index in [4.69, 9.17) is 0 Å². The number of anilines is 2. The van der Waals surface area contributed by atoms with E-state index in [0.29, 0.717) is 27.9 Å². The minimum absolute atomic E-state index is 0.121. The second kappa shape index (κ2) is 5.00. The van der Waals surface area contributed by atoms with Crippen molar-refractivity contribution in [1.82, 2.24) is 20.2 Å². The molecule has 21 heavy (non-hydrogen) atoms. The number of hydrogen-bond acceptors (Lipinski definition) is 5. The molecule has 0 radical (unpaired) electrons. The molecule has 0 amide bonds. The van der Waals surface area contributed by atoms with Crippen LogP contribution in [-0.2, 0) is 0 Å². The van der Waals surface area contributed by atoms with Crippen molar-refractivity contribution in [2.75, 3.05) is 5.32 Å². The minimum atomic E-state index is -0.121. The number of rotatable bonds is 3. The number of thiophene rings is 1. The molecule has 3 heterocycles. The minimum Gasteiger partial charge on any atom is -0.309 e. The molecule has 1 saturated carbocycles. The van der Waals surface area contributed by atoms with Gasteiger partial charge >= 0.3 is 0 Å². The summed E-state index contributed by atoms with van der Waals surface area (Å²) in [6.45, 7) is 0. The zero-order chi connectivity index (χ0) is 14.2. The zero-order valence-electron chi connectivity index (χ0n) is 11.3. The number of hydrogen-bond donors (Lipinski definition) is 3. The molecular formula is C14H15N5OS. The van der Waals surface area contributed by atoms with Gasteiger partial charge in [0, 0.05) is 17.7 Å². The highest BCUT2D eigenvalue weighted by Crippen LogP contribution is 2.33.